The maximum Gasteiger partial charge on any atom is 0.312 e. The van der Waals surface area contributed by atoms with Crippen molar-refractivity contribution in [2.75, 3.05) is 30.0 Å². The predicted octanol–water partition coefficient (Wildman–Crippen LogP) is 1.03. The van der Waals surface area contributed by atoms with Crippen LogP contribution in [0, 0.1) is 5.92 Å². The van der Waals surface area contributed by atoms with Crippen LogP contribution < -0.4 is 24.8 Å². The van der Waals surface area contributed by atoms with Gasteiger partial charge in [0.2, 0.25) is 15.9 Å². The minimum Gasteiger partial charge on any atom is -0.486 e. The van der Waals surface area contributed by atoms with Crippen molar-refractivity contribution in [2.24, 2.45) is 11.1 Å². The third kappa shape index (κ3) is 5.13. The molecule has 0 saturated carbocycles. The number of esters is 1. The van der Waals surface area contributed by atoms with Crippen LogP contribution in [0.15, 0.2) is 47.4 Å². The van der Waals surface area contributed by atoms with Gasteiger partial charge in [-0.05, 0) is 43.3 Å². The minimum absolute atomic E-state index is 0.0450. The molecule has 11 nitrogen and oxygen atoms in total. The highest BCUT2D eigenvalue weighted by molar-refractivity contribution is 7.89. The maximum absolute atomic E-state index is 12.6. The van der Waals surface area contributed by atoms with E-state index >= 15 is 0 Å². The van der Waals surface area contributed by atoms with Gasteiger partial charge in [0, 0.05) is 30.4 Å². The predicted molar refractivity (Wildman–Crippen MR) is 120 cm³/mol. The van der Waals surface area contributed by atoms with Crippen LogP contribution in [0.1, 0.15) is 13.3 Å². The molecular weight excluding hydrogens is 466 g/mol. The number of rotatable bonds is 6. The van der Waals surface area contributed by atoms with Crippen LogP contribution in [-0.2, 0) is 29.1 Å². The first-order valence-electron chi connectivity index (χ1n) is 10.5. The van der Waals surface area contributed by atoms with Crippen molar-refractivity contribution in [3.8, 4) is 11.5 Å². The second-order valence-corrected chi connectivity index (χ2v) is 9.43. The summed E-state index contributed by atoms with van der Waals surface area (Å²) in [5, 5.41) is 7.58. The zero-order chi connectivity index (χ0) is 24.5. The fraction of sp³-hybridized carbons (Fsp3) is 0.318. The minimum atomic E-state index is -3.85. The first kappa shape index (κ1) is 23.5. The zero-order valence-corrected chi connectivity index (χ0v) is 19.0. The first-order valence-corrected chi connectivity index (χ1v) is 12.0. The van der Waals surface area contributed by atoms with E-state index in [-0.39, 0.29) is 23.8 Å². The molecule has 0 bridgehead atoms. The lowest BCUT2D eigenvalue weighted by Gasteiger charge is -2.22. The van der Waals surface area contributed by atoms with Crippen LogP contribution in [-0.4, -0.2) is 52.1 Å². The number of amides is 2. The molecule has 2 amide bonds. The van der Waals surface area contributed by atoms with Crippen molar-refractivity contribution >= 4 is 39.2 Å². The fourth-order valence-corrected chi connectivity index (χ4v) is 4.13. The van der Waals surface area contributed by atoms with E-state index in [0.717, 1.165) is 0 Å². The number of nitrogens with one attached hydrogen (secondary N) is 1. The monoisotopic (exact) mass is 489 g/mol. The molecule has 2 aliphatic rings. The normalized spacial score (nSPS) is 18.4. The van der Waals surface area contributed by atoms with E-state index in [2.05, 4.69) is 5.32 Å². The van der Waals surface area contributed by atoms with Gasteiger partial charge in [0.25, 0.3) is 5.91 Å². The van der Waals surface area contributed by atoms with E-state index in [4.69, 9.17) is 19.3 Å². The number of carbonyl (C=O) groups is 3. The highest BCUT2D eigenvalue weighted by atomic mass is 32.2. The van der Waals surface area contributed by atoms with Crippen molar-refractivity contribution in [1.82, 2.24) is 0 Å². The Balaban J connectivity index is 1.34. The Morgan fingerprint density at radius 2 is 1.79 bits per heavy atom. The Bertz CT molecular complexity index is 1230. The molecule has 4 rings (SSSR count). The van der Waals surface area contributed by atoms with E-state index < -0.39 is 33.9 Å². The zero-order valence-electron chi connectivity index (χ0n) is 18.2. The lowest BCUT2D eigenvalue weighted by Crippen LogP contribution is -2.33. The van der Waals surface area contributed by atoms with E-state index in [0.29, 0.717) is 36.1 Å². The molecular formula is C22H23N3O8S. The largest absolute Gasteiger partial charge is 0.486 e. The second kappa shape index (κ2) is 9.31. The number of anilines is 2. The second-order valence-electron chi connectivity index (χ2n) is 7.87. The number of sulfonamides is 1. The Labute approximate surface area is 195 Å². The van der Waals surface area contributed by atoms with Crippen LogP contribution in [0.4, 0.5) is 11.4 Å². The van der Waals surface area contributed by atoms with Gasteiger partial charge in [-0.2, -0.15) is 0 Å². The fourth-order valence-electron chi connectivity index (χ4n) is 3.61. The molecule has 0 unspecified atom stereocenters. The molecule has 3 N–H and O–H groups in total. The van der Waals surface area contributed by atoms with Crippen molar-refractivity contribution in [1.29, 1.82) is 0 Å². The van der Waals surface area contributed by atoms with Gasteiger partial charge in [-0.1, -0.05) is 0 Å². The number of benzene rings is 2. The smallest absolute Gasteiger partial charge is 0.312 e. The maximum atomic E-state index is 12.6. The summed E-state index contributed by atoms with van der Waals surface area (Å²) in [5.74, 6) is -1.12. The number of hydrogen-bond acceptors (Lipinski definition) is 8. The summed E-state index contributed by atoms with van der Waals surface area (Å²) < 4.78 is 38.9. The van der Waals surface area contributed by atoms with Gasteiger partial charge in [-0.25, -0.2) is 13.6 Å². The molecule has 1 fully saturated rings. The number of primary sulfonamides is 1. The summed E-state index contributed by atoms with van der Waals surface area (Å²) in [5.41, 5.74) is 0.888. The molecule has 2 aliphatic heterocycles. The number of nitrogens with zero attached hydrogens (tertiary/aromatic N) is 1. The van der Waals surface area contributed by atoms with Gasteiger partial charge in [0.05, 0.1) is 10.8 Å². The number of carbonyl (C=O) groups excluding carboxylic acids is 3. The van der Waals surface area contributed by atoms with Gasteiger partial charge in [0.1, 0.15) is 13.2 Å². The Hall–Kier alpha value is -3.64. The Kier molecular flexibility index (Phi) is 6.44. The number of ether oxygens (including phenoxy) is 3. The molecule has 2 aromatic rings. The molecule has 1 saturated heterocycles. The van der Waals surface area contributed by atoms with Gasteiger partial charge >= 0.3 is 5.97 Å². The molecule has 34 heavy (non-hydrogen) atoms. The Morgan fingerprint density at radius 3 is 2.47 bits per heavy atom. The van der Waals surface area contributed by atoms with Gasteiger partial charge in [-0.15, -0.1) is 0 Å². The third-order valence-corrected chi connectivity index (χ3v) is 6.34. The van der Waals surface area contributed by atoms with Crippen LogP contribution in [0.5, 0.6) is 11.5 Å². The SMILES string of the molecule is C[C@@H](OC(=O)[C@H]1CC(=O)N(c2ccc3c(c2)OCCO3)C1)C(=O)Nc1ccc(S(N)(=O)=O)cc1. The average molecular weight is 490 g/mol. The summed E-state index contributed by atoms with van der Waals surface area (Å²) in [6, 6.07) is 10.4. The molecule has 0 aliphatic carbocycles. The highest BCUT2D eigenvalue weighted by Crippen LogP contribution is 2.36. The summed E-state index contributed by atoms with van der Waals surface area (Å²) in [7, 11) is -3.85. The van der Waals surface area contributed by atoms with Crippen LogP contribution in [0.3, 0.4) is 0 Å². The van der Waals surface area contributed by atoms with E-state index in [1.54, 1.807) is 18.2 Å². The lowest BCUT2D eigenvalue weighted by atomic mass is 10.1. The lowest BCUT2D eigenvalue weighted by molar-refractivity contribution is -0.157. The molecule has 12 heteroatoms. The molecule has 0 radical (unpaired) electrons. The van der Waals surface area contributed by atoms with Crippen molar-refractivity contribution < 1.29 is 37.0 Å². The molecule has 0 aromatic heterocycles. The molecule has 2 heterocycles. The van der Waals surface area contributed by atoms with Gasteiger partial charge in [-0.3, -0.25) is 14.4 Å². The number of nitrogens with two attached hydrogens (primary N) is 1. The first-order chi connectivity index (χ1) is 16.1. The van der Waals surface area contributed by atoms with Gasteiger partial charge in [0.15, 0.2) is 17.6 Å². The third-order valence-electron chi connectivity index (χ3n) is 5.41. The summed E-state index contributed by atoms with van der Waals surface area (Å²) in [6.07, 6.45) is -1.18. The van der Waals surface area contributed by atoms with Gasteiger partial charge < -0.3 is 24.4 Å². The Morgan fingerprint density at radius 1 is 1.12 bits per heavy atom. The summed E-state index contributed by atoms with van der Waals surface area (Å²) in [4.78, 5) is 38.9. The standard InChI is InChI=1S/C22H23N3O8S/c1-13(21(27)24-15-2-5-17(6-3-15)34(23,29)30)33-22(28)14-10-20(26)25(12-14)16-4-7-18-19(11-16)32-9-8-31-18/h2-7,11,13-14H,8-10,12H2,1H3,(H,24,27)(H2,23,29,30)/t13-,14+/m1/s1. The highest BCUT2D eigenvalue weighted by Gasteiger charge is 2.37. The van der Waals surface area contributed by atoms with Crippen LogP contribution >= 0.6 is 0 Å². The molecule has 2 aromatic carbocycles. The summed E-state index contributed by atoms with van der Waals surface area (Å²) in [6.45, 7) is 2.38. The number of hydrogen-bond donors (Lipinski definition) is 2. The van der Waals surface area contributed by atoms with Crippen molar-refractivity contribution in [3.63, 3.8) is 0 Å². The molecule has 0 spiro atoms. The quantitative estimate of drug-likeness (QED) is 0.570. The van der Waals surface area contributed by atoms with E-state index in [9.17, 15) is 22.8 Å². The van der Waals surface area contributed by atoms with Crippen LogP contribution in [0.25, 0.3) is 0 Å². The van der Waals surface area contributed by atoms with E-state index in [1.165, 1.54) is 36.1 Å². The average Bonchev–Trinajstić information content (AvgIpc) is 3.20. The van der Waals surface area contributed by atoms with E-state index in [1.807, 2.05) is 0 Å². The van der Waals surface area contributed by atoms with Crippen LogP contribution in [0.2, 0.25) is 0 Å². The molecule has 2 atom stereocenters. The summed E-state index contributed by atoms with van der Waals surface area (Å²) >= 11 is 0. The van der Waals surface area contributed by atoms with Crippen molar-refractivity contribution in [2.45, 2.75) is 24.3 Å². The topological polar surface area (TPSA) is 154 Å². The van der Waals surface area contributed by atoms with Crippen molar-refractivity contribution in [3.05, 3.63) is 42.5 Å². The number of fused-ring (bicyclic) bond motifs is 1. The molecule has 180 valence electrons.